The van der Waals surface area contributed by atoms with Gasteiger partial charge in [-0.05, 0) is 48.8 Å². The number of primary amides is 1. The van der Waals surface area contributed by atoms with Crippen molar-refractivity contribution in [3.63, 3.8) is 0 Å². The number of nitrogens with two attached hydrogens (primary N) is 1. The number of carbonyl (C=O) groups excluding carboxylic acids is 5. The summed E-state index contributed by atoms with van der Waals surface area (Å²) in [7, 11) is 0. The lowest BCUT2D eigenvalue weighted by Gasteiger charge is -2.25. The molecule has 0 aliphatic heterocycles. The third kappa shape index (κ3) is 15.4. The van der Waals surface area contributed by atoms with Crippen LogP contribution in [0.15, 0.2) is 24.3 Å². The molecule has 236 valence electrons. The minimum atomic E-state index is -0.923. The summed E-state index contributed by atoms with van der Waals surface area (Å²) in [4.78, 5) is 61.8. The average Bonchev–Trinajstić information content (AvgIpc) is 2.91. The smallest absolute Gasteiger partial charge is 0.312 e. The highest BCUT2D eigenvalue weighted by atomic mass is 16.5. The number of hydrogen-bond donors (Lipinski definition) is 5. The summed E-state index contributed by atoms with van der Waals surface area (Å²) >= 11 is 0. The number of esters is 1. The van der Waals surface area contributed by atoms with Crippen molar-refractivity contribution in [3.05, 3.63) is 29.8 Å². The molecule has 0 fully saturated rings. The van der Waals surface area contributed by atoms with Crippen molar-refractivity contribution in [1.29, 1.82) is 0 Å². The van der Waals surface area contributed by atoms with E-state index in [1.807, 2.05) is 13.8 Å². The van der Waals surface area contributed by atoms with Crippen LogP contribution in [-0.4, -0.2) is 48.4 Å². The van der Waals surface area contributed by atoms with Crippen LogP contribution in [0.5, 0.6) is 0 Å². The first-order valence-corrected chi connectivity index (χ1v) is 15.0. The van der Waals surface area contributed by atoms with Gasteiger partial charge in [0.1, 0.15) is 18.7 Å². The molecule has 0 aliphatic rings. The fourth-order valence-electron chi connectivity index (χ4n) is 4.08. The third-order valence-electron chi connectivity index (χ3n) is 6.63. The molecule has 42 heavy (non-hydrogen) atoms. The van der Waals surface area contributed by atoms with E-state index in [1.165, 1.54) is 0 Å². The summed E-state index contributed by atoms with van der Waals surface area (Å²) in [6, 6.07) is 4.44. The maximum Gasteiger partial charge on any atom is 0.312 e. The monoisotopic (exact) mass is 589 g/mol. The topological polar surface area (TPSA) is 169 Å². The van der Waals surface area contributed by atoms with Crippen LogP contribution < -0.4 is 27.0 Å². The van der Waals surface area contributed by atoms with E-state index in [0.29, 0.717) is 24.4 Å². The summed E-state index contributed by atoms with van der Waals surface area (Å²) in [6.07, 6.45) is 4.84. The molecule has 1 aromatic carbocycles. The van der Waals surface area contributed by atoms with Crippen LogP contribution >= 0.6 is 0 Å². The van der Waals surface area contributed by atoms with Gasteiger partial charge >= 0.3 is 12.0 Å². The third-order valence-corrected chi connectivity index (χ3v) is 6.63. The Balaban J connectivity index is 2.83. The fourth-order valence-corrected chi connectivity index (χ4v) is 4.08. The maximum atomic E-state index is 13.3. The Hall–Kier alpha value is -3.63. The van der Waals surface area contributed by atoms with Gasteiger partial charge in [-0.1, -0.05) is 72.9 Å². The molecule has 1 rings (SSSR count). The second-order valence-electron chi connectivity index (χ2n) is 11.7. The van der Waals surface area contributed by atoms with E-state index >= 15 is 0 Å². The van der Waals surface area contributed by atoms with Gasteiger partial charge in [0.25, 0.3) is 0 Å². The SMILES string of the molecule is CC(C)CCCCCC(=O)N[C@H](C(=O)N[C@@H](CCCNC(N)=O)C(=O)Nc1ccc(COC(=O)C(C)C)cc1)C(C)C. The number of urea groups is 1. The summed E-state index contributed by atoms with van der Waals surface area (Å²) in [6.45, 7) is 11.9. The molecule has 0 aromatic heterocycles. The van der Waals surface area contributed by atoms with Gasteiger partial charge < -0.3 is 31.7 Å². The molecule has 0 spiro atoms. The van der Waals surface area contributed by atoms with Gasteiger partial charge in [-0.2, -0.15) is 0 Å². The van der Waals surface area contributed by atoms with Gasteiger partial charge in [0.05, 0.1) is 5.92 Å². The lowest BCUT2D eigenvalue weighted by atomic mass is 10.0. The van der Waals surface area contributed by atoms with Crippen LogP contribution in [0.3, 0.4) is 0 Å². The zero-order valence-corrected chi connectivity index (χ0v) is 26.1. The van der Waals surface area contributed by atoms with Crippen molar-refractivity contribution in [2.45, 2.75) is 105 Å². The molecular formula is C31H51N5O6. The highest BCUT2D eigenvalue weighted by Crippen LogP contribution is 2.14. The molecule has 0 aliphatic carbocycles. The lowest BCUT2D eigenvalue weighted by Crippen LogP contribution is -2.54. The molecule has 0 bridgehead atoms. The lowest BCUT2D eigenvalue weighted by molar-refractivity contribution is -0.148. The standard InChI is InChI=1S/C31H51N5O6/c1-20(2)11-8-7-9-13-26(37)36-27(21(3)4)29(39)35-25(12-10-18-33-31(32)41)28(38)34-24-16-14-23(15-17-24)19-42-30(40)22(5)6/h14-17,20-22,25,27H,7-13,18-19H2,1-6H3,(H,34,38)(H,35,39)(H,36,37)(H3,32,33,41)/t25-,27-/m0/s1. The van der Waals surface area contributed by atoms with E-state index in [2.05, 4.69) is 35.1 Å². The summed E-state index contributed by atoms with van der Waals surface area (Å²) < 4.78 is 5.23. The van der Waals surface area contributed by atoms with Crippen molar-refractivity contribution in [3.8, 4) is 0 Å². The van der Waals surface area contributed by atoms with Crippen molar-refractivity contribution in [1.82, 2.24) is 16.0 Å². The Kier molecular flexibility index (Phi) is 16.9. The number of anilines is 1. The predicted molar refractivity (Wildman–Crippen MR) is 163 cm³/mol. The number of rotatable bonds is 19. The number of hydrogen-bond acceptors (Lipinski definition) is 6. The predicted octanol–water partition coefficient (Wildman–Crippen LogP) is 4.00. The second-order valence-corrected chi connectivity index (χ2v) is 11.7. The van der Waals surface area contributed by atoms with Crippen LogP contribution in [0, 0.1) is 17.8 Å². The molecule has 1 aromatic rings. The molecule has 11 heteroatoms. The number of amides is 5. The molecule has 0 unspecified atom stereocenters. The van der Waals surface area contributed by atoms with Gasteiger partial charge in [0.2, 0.25) is 17.7 Å². The molecule has 11 nitrogen and oxygen atoms in total. The number of unbranched alkanes of at least 4 members (excludes halogenated alkanes) is 2. The Morgan fingerprint density at radius 3 is 2.05 bits per heavy atom. The normalized spacial score (nSPS) is 12.5. The van der Waals surface area contributed by atoms with Crippen molar-refractivity contribution < 1.29 is 28.7 Å². The molecule has 0 radical (unpaired) electrons. The number of carbonyl (C=O) groups is 5. The van der Waals surface area contributed by atoms with Gasteiger partial charge in [-0.15, -0.1) is 0 Å². The minimum absolute atomic E-state index is 0.122. The van der Waals surface area contributed by atoms with Gasteiger partial charge in [0.15, 0.2) is 0 Å². The average molecular weight is 590 g/mol. The van der Waals surface area contributed by atoms with E-state index in [-0.39, 0.29) is 43.3 Å². The van der Waals surface area contributed by atoms with Crippen LogP contribution in [0.1, 0.15) is 92.1 Å². The molecule has 0 saturated heterocycles. The Labute approximate surface area is 250 Å². The maximum absolute atomic E-state index is 13.3. The largest absolute Gasteiger partial charge is 0.461 e. The van der Waals surface area contributed by atoms with E-state index in [4.69, 9.17) is 10.5 Å². The summed E-state index contributed by atoms with van der Waals surface area (Å²) in [5.41, 5.74) is 6.40. The van der Waals surface area contributed by atoms with E-state index in [0.717, 1.165) is 31.2 Å². The number of nitrogens with one attached hydrogen (secondary N) is 4. The number of ether oxygens (including phenoxy) is 1. The molecule has 5 amide bonds. The van der Waals surface area contributed by atoms with E-state index in [1.54, 1.807) is 38.1 Å². The van der Waals surface area contributed by atoms with Crippen LogP contribution in [0.25, 0.3) is 0 Å². The summed E-state index contributed by atoms with van der Waals surface area (Å²) in [5, 5.41) is 10.9. The minimum Gasteiger partial charge on any atom is -0.461 e. The zero-order chi connectivity index (χ0) is 31.7. The summed E-state index contributed by atoms with van der Waals surface area (Å²) in [5.74, 6) is -1.19. The quantitative estimate of drug-likeness (QED) is 0.121. The molecule has 6 N–H and O–H groups in total. The molecule has 0 heterocycles. The van der Waals surface area contributed by atoms with Crippen molar-refractivity contribution >= 4 is 35.4 Å². The Morgan fingerprint density at radius 2 is 1.48 bits per heavy atom. The van der Waals surface area contributed by atoms with Gasteiger partial charge in [-0.25, -0.2) is 4.79 Å². The highest BCUT2D eigenvalue weighted by Gasteiger charge is 2.28. The van der Waals surface area contributed by atoms with Gasteiger partial charge in [-0.3, -0.25) is 19.2 Å². The first kappa shape index (κ1) is 36.4. The van der Waals surface area contributed by atoms with Crippen molar-refractivity contribution in [2.24, 2.45) is 23.5 Å². The molecule has 2 atom stereocenters. The fraction of sp³-hybridized carbons (Fsp3) is 0.645. The highest BCUT2D eigenvalue weighted by molar-refractivity contribution is 5.98. The molecular weight excluding hydrogens is 538 g/mol. The van der Waals surface area contributed by atoms with Crippen LogP contribution in [-0.2, 0) is 30.5 Å². The van der Waals surface area contributed by atoms with Crippen LogP contribution in [0.4, 0.5) is 10.5 Å². The van der Waals surface area contributed by atoms with E-state index in [9.17, 15) is 24.0 Å². The first-order valence-electron chi connectivity index (χ1n) is 15.0. The van der Waals surface area contributed by atoms with Crippen molar-refractivity contribution in [2.75, 3.05) is 11.9 Å². The zero-order valence-electron chi connectivity index (χ0n) is 26.1. The Bertz CT molecular complexity index is 1010. The number of benzene rings is 1. The van der Waals surface area contributed by atoms with Crippen LogP contribution in [0.2, 0.25) is 0 Å². The Morgan fingerprint density at radius 1 is 0.810 bits per heavy atom. The molecule has 0 saturated carbocycles. The first-order chi connectivity index (χ1) is 19.8. The second kappa shape index (κ2) is 19.5. The van der Waals surface area contributed by atoms with Gasteiger partial charge in [0, 0.05) is 18.7 Å². The van der Waals surface area contributed by atoms with E-state index < -0.39 is 29.9 Å².